The summed E-state index contributed by atoms with van der Waals surface area (Å²) in [4.78, 5) is 10.2. The van der Waals surface area contributed by atoms with Crippen LogP contribution in [0, 0.1) is 6.92 Å². The molecule has 2 N–H and O–H groups in total. The fourth-order valence-corrected chi connectivity index (χ4v) is 3.31. The number of halogens is 2. The van der Waals surface area contributed by atoms with Gasteiger partial charge in [-0.2, -0.15) is 0 Å². The number of aryl methyl sites for hydroxylation is 2. The van der Waals surface area contributed by atoms with E-state index in [2.05, 4.69) is 74.7 Å². The van der Waals surface area contributed by atoms with Gasteiger partial charge >= 0.3 is 0 Å². The van der Waals surface area contributed by atoms with Crippen LogP contribution in [-0.4, -0.2) is 24.0 Å². The summed E-state index contributed by atoms with van der Waals surface area (Å²) in [7, 11) is 0. The standard InChI is InChI=1S/C17H23BrN4S.HI/c1-3-19-17(22-12-16-21-11-13(2)23-16)20-9-5-7-14-6-4-8-15(18)10-14;/h4,6,8,10-11H,3,5,7,9,12H2,1-2H3,(H2,19,20,22);1H. The number of nitrogens with zero attached hydrogens (tertiary/aromatic N) is 2. The SMILES string of the molecule is CCNC(=NCc1ncc(C)s1)NCCCc1cccc(Br)c1.I. The van der Waals surface area contributed by atoms with Crippen molar-refractivity contribution in [2.24, 2.45) is 4.99 Å². The van der Waals surface area contributed by atoms with E-state index in [1.807, 2.05) is 6.20 Å². The van der Waals surface area contributed by atoms with E-state index in [-0.39, 0.29) is 24.0 Å². The number of aromatic nitrogens is 1. The Balaban J connectivity index is 0.00000288. The van der Waals surface area contributed by atoms with Crippen LogP contribution >= 0.6 is 51.2 Å². The van der Waals surface area contributed by atoms with Gasteiger partial charge in [0.15, 0.2) is 5.96 Å². The Labute approximate surface area is 173 Å². The van der Waals surface area contributed by atoms with Crippen molar-refractivity contribution in [1.82, 2.24) is 15.6 Å². The average Bonchev–Trinajstić information content (AvgIpc) is 2.94. The Hall–Kier alpha value is -0.670. The molecular weight excluding hydrogens is 499 g/mol. The molecule has 0 radical (unpaired) electrons. The van der Waals surface area contributed by atoms with Crippen molar-refractivity contribution < 1.29 is 0 Å². The highest BCUT2D eigenvalue weighted by atomic mass is 127. The molecule has 4 nitrogen and oxygen atoms in total. The second-order valence-corrected chi connectivity index (χ2v) is 7.46. The van der Waals surface area contributed by atoms with Gasteiger partial charge in [0, 0.05) is 28.6 Å². The lowest BCUT2D eigenvalue weighted by Crippen LogP contribution is -2.37. The first-order valence-corrected chi connectivity index (χ1v) is 9.46. The Morgan fingerprint density at radius 2 is 2.17 bits per heavy atom. The molecule has 0 unspecified atom stereocenters. The predicted octanol–water partition coefficient (Wildman–Crippen LogP) is 4.52. The van der Waals surface area contributed by atoms with Gasteiger partial charge in [0.1, 0.15) is 5.01 Å². The summed E-state index contributed by atoms with van der Waals surface area (Å²) in [5.41, 5.74) is 1.35. The maximum atomic E-state index is 4.59. The molecule has 1 aromatic heterocycles. The zero-order chi connectivity index (χ0) is 16.5. The van der Waals surface area contributed by atoms with Crippen molar-refractivity contribution in [2.45, 2.75) is 33.2 Å². The first kappa shape index (κ1) is 21.4. The lowest BCUT2D eigenvalue weighted by atomic mass is 10.1. The van der Waals surface area contributed by atoms with E-state index in [4.69, 9.17) is 0 Å². The molecule has 0 bridgehead atoms. The molecular formula is C17H24BrIN4S. The van der Waals surface area contributed by atoms with Gasteiger partial charge in [-0.1, -0.05) is 28.1 Å². The third kappa shape index (κ3) is 7.94. The lowest BCUT2D eigenvalue weighted by molar-refractivity contribution is 0.743. The molecule has 2 rings (SSSR count). The molecule has 0 spiro atoms. The summed E-state index contributed by atoms with van der Waals surface area (Å²) < 4.78 is 1.14. The molecule has 0 saturated carbocycles. The molecule has 7 heteroatoms. The Morgan fingerprint density at radius 1 is 1.33 bits per heavy atom. The maximum Gasteiger partial charge on any atom is 0.191 e. The Bertz CT molecular complexity index is 645. The number of guanidine groups is 1. The summed E-state index contributed by atoms with van der Waals surface area (Å²) in [6.45, 7) is 6.52. The second kappa shape index (κ2) is 11.8. The normalized spacial score (nSPS) is 11.0. The van der Waals surface area contributed by atoms with Gasteiger partial charge in [-0.05, 0) is 44.4 Å². The van der Waals surface area contributed by atoms with Crippen molar-refractivity contribution in [1.29, 1.82) is 0 Å². The average molecular weight is 523 g/mol. The first-order valence-electron chi connectivity index (χ1n) is 7.85. The van der Waals surface area contributed by atoms with Gasteiger partial charge in [-0.15, -0.1) is 35.3 Å². The van der Waals surface area contributed by atoms with E-state index in [0.29, 0.717) is 6.54 Å². The molecule has 1 heterocycles. The molecule has 1 aromatic carbocycles. The molecule has 0 aliphatic rings. The molecule has 24 heavy (non-hydrogen) atoms. The fourth-order valence-electron chi connectivity index (χ4n) is 2.15. The van der Waals surface area contributed by atoms with Gasteiger partial charge in [-0.3, -0.25) is 0 Å². The Morgan fingerprint density at radius 3 is 2.83 bits per heavy atom. The van der Waals surface area contributed by atoms with Crippen LogP contribution in [0.3, 0.4) is 0 Å². The monoisotopic (exact) mass is 522 g/mol. The quantitative estimate of drug-likeness (QED) is 0.243. The Kier molecular flexibility index (Phi) is 10.5. The zero-order valence-electron chi connectivity index (χ0n) is 14.0. The number of thiazole rings is 1. The number of rotatable bonds is 7. The van der Waals surface area contributed by atoms with Crippen LogP contribution in [-0.2, 0) is 13.0 Å². The summed E-state index contributed by atoms with van der Waals surface area (Å²) in [6.07, 6.45) is 4.02. The van der Waals surface area contributed by atoms with Crippen LogP contribution in [0.1, 0.15) is 28.8 Å². The minimum Gasteiger partial charge on any atom is -0.357 e. The van der Waals surface area contributed by atoms with Gasteiger partial charge in [0.25, 0.3) is 0 Å². The summed E-state index contributed by atoms with van der Waals surface area (Å²) in [6, 6.07) is 8.46. The molecule has 0 fully saturated rings. The largest absolute Gasteiger partial charge is 0.357 e. The van der Waals surface area contributed by atoms with Crippen LogP contribution in [0.2, 0.25) is 0 Å². The molecule has 0 aliphatic carbocycles. The minimum absolute atomic E-state index is 0. The highest BCUT2D eigenvalue weighted by Gasteiger charge is 2.01. The lowest BCUT2D eigenvalue weighted by Gasteiger charge is -2.11. The number of nitrogens with one attached hydrogen (secondary N) is 2. The number of benzene rings is 1. The number of aliphatic imine (C=N–C) groups is 1. The van der Waals surface area contributed by atoms with Crippen molar-refractivity contribution in [3.8, 4) is 0 Å². The highest BCUT2D eigenvalue weighted by Crippen LogP contribution is 2.13. The molecule has 0 amide bonds. The zero-order valence-corrected chi connectivity index (χ0v) is 18.7. The summed E-state index contributed by atoms with van der Waals surface area (Å²) in [5, 5.41) is 7.71. The predicted molar refractivity (Wildman–Crippen MR) is 118 cm³/mol. The van der Waals surface area contributed by atoms with Gasteiger partial charge < -0.3 is 10.6 Å². The van der Waals surface area contributed by atoms with E-state index in [0.717, 1.165) is 41.4 Å². The van der Waals surface area contributed by atoms with Crippen LogP contribution in [0.4, 0.5) is 0 Å². The summed E-state index contributed by atoms with van der Waals surface area (Å²) >= 11 is 5.21. The van der Waals surface area contributed by atoms with E-state index >= 15 is 0 Å². The number of hydrogen-bond donors (Lipinski definition) is 2. The number of hydrogen-bond acceptors (Lipinski definition) is 3. The second-order valence-electron chi connectivity index (χ2n) is 5.22. The van der Waals surface area contributed by atoms with Crippen LogP contribution < -0.4 is 10.6 Å². The fraction of sp³-hybridized carbons (Fsp3) is 0.412. The highest BCUT2D eigenvalue weighted by molar-refractivity contribution is 14.0. The molecule has 2 aromatic rings. The van der Waals surface area contributed by atoms with E-state index in [1.165, 1.54) is 10.4 Å². The van der Waals surface area contributed by atoms with Crippen molar-refractivity contribution in [2.75, 3.05) is 13.1 Å². The molecule has 0 atom stereocenters. The van der Waals surface area contributed by atoms with Crippen molar-refractivity contribution >= 4 is 57.2 Å². The maximum absolute atomic E-state index is 4.59. The third-order valence-electron chi connectivity index (χ3n) is 3.21. The van der Waals surface area contributed by atoms with E-state index < -0.39 is 0 Å². The van der Waals surface area contributed by atoms with Crippen molar-refractivity contribution in [3.63, 3.8) is 0 Å². The van der Waals surface area contributed by atoms with Gasteiger partial charge in [0.05, 0.1) is 6.54 Å². The van der Waals surface area contributed by atoms with E-state index in [1.54, 1.807) is 11.3 Å². The first-order chi connectivity index (χ1) is 11.2. The van der Waals surface area contributed by atoms with Crippen LogP contribution in [0.25, 0.3) is 0 Å². The topological polar surface area (TPSA) is 49.3 Å². The smallest absolute Gasteiger partial charge is 0.191 e. The summed E-state index contributed by atoms with van der Waals surface area (Å²) in [5.74, 6) is 0.856. The molecule has 0 saturated heterocycles. The van der Waals surface area contributed by atoms with Gasteiger partial charge in [-0.25, -0.2) is 9.98 Å². The van der Waals surface area contributed by atoms with E-state index in [9.17, 15) is 0 Å². The molecule has 0 aliphatic heterocycles. The molecule has 132 valence electrons. The van der Waals surface area contributed by atoms with Crippen LogP contribution in [0.15, 0.2) is 39.9 Å². The third-order valence-corrected chi connectivity index (χ3v) is 4.60. The minimum atomic E-state index is 0. The van der Waals surface area contributed by atoms with Crippen LogP contribution in [0.5, 0.6) is 0 Å². The van der Waals surface area contributed by atoms with Gasteiger partial charge in [0.2, 0.25) is 0 Å². The van der Waals surface area contributed by atoms with Crippen molar-refractivity contribution in [3.05, 3.63) is 50.4 Å².